The van der Waals surface area contributed by atoms with E-state index in [2.05, 4.69) is 37.1 Å². The number of nitrogens with one attached hydrogen (secondary N) is 1. The van der Waals surface area contributed by atoms with Gasteiger partial charge in [0.2, 0.25) is 5.91 Å². The van der Waals surface area contributed by atoms with Gasteiger partial charge in [0.25, 0.3) is 0 Å². The minimum atomic E-state index is 0.106. The molecule has 2 aromatic rings. The molecule has 4 rings (SSSR count). The Morgan fingerprint density at radius 2 is 2.00 bits per heavy atom. The summed E-state index contributed by atoms with van der Waals surface area (Å²) in [5.74, 6) is 3.20. The average Bonchev–Trinajstić information content (AvgIpc) is 3.26. The molecule has 3 heterocycles. The van der Waals surface area contributed by atoms with Gasteiger partial charge in [-0.05, 0) is 68.5 Å². The Labute approximate surface area is 191 Å². The number of ether oxygens (including phenoxy) is 1. The van der Waals surface area contributed by atoms with Crippen LogP contribution < -0.4 is 10.1 Å². The van der Waals surface area contributed by atoms with Crippen LogP contribution in [-0.2, 0) is 24.3 Å². The molecule has 1 fully saturated rings. The van der Waals surface area contributed by atoms with E-state index in [1.807, 2.05) is 11.9 Å². The molecule has 0 spiro atoms. The molecule has 1 aromatic carbocycles. The summed E-state index contributed by atoms with van der Waals surface area (Å²) in [4.78, 5) is 26.1. The Bertz CT molecular complexity index is 1040. The molecule has 1 amide bonds. The van der Waals surface area contributed by atoms with E-state index in [1.165, 1.54) is 22.3 Å². The van der Waals surface area contributed by atoms with Crippen LogP contribution in [0, 0.1) is 20.8 Å². The van der Waals surface area contributed by atoms with Crippen molar-refractivity contribution in [1.82, 2.24) is 19.8 Å². The van der Waals surface area contributed by atoms with Gasteiger partial charge in [-0.2, -0.15) is 0 Å². The number of carbonyl (C=O) groups is 1. The molecule has 2 aliphatic heterocycles. The second-order valence-electron chi connectivity index (χ2n) is 9.14. The smallest absolute Gasteiger partial charge is 0.219 e. The molecule has 7 nitrogen and oxygen atoms in total. The summed E-state index contributed by atoms with van der Waals surface area (Å²) in [5, 5.41) is 3.27. The lowest BCUT2D eigenvalue weighted by Gasteiger charge is -2.29. The Morgan fingerprint density at radius 3 is 2.69 bits per heavy atom. The summed E-state index contributed by atoms with van der Waals surface area (Å²) in [6.45, 7) is 12.4. The minimum absolute atomic E-state index is 0.106. The summed E-state index contributed by atoms with van der Waals surface area (Å²) in [6.07, 6.45) is 1.85. The molecular weight excluding hydrogens is 402 g/mol. The molecule has 32 heavy (non-hydrogen) atoms. The van der Waals surface area contributed by atoms with Crippen LogP contribution in [-0.4, -0.2) is 59.5 Å². The predicted molar refractivity (Wildman–Crippen MR) is 126 cm³/mol. The number of aryl methyl sites for hydroxylation is 1. The number of fused-ring (bicyclic) bond motifs is 1. The number of methoxy groups -OCH3 is 1. The highest BCUT2D eigenvalue weighted by atomic mass is 16.5. The van der Waals surface area contributed by atoms with Gasteiger partial charge in [0.15, 0.2) is 0 Å². The molecule has 1 aromatic heterocycles. The van der Waals surface area contributed by atoms with Crippen molar-refractivity contribution < 1.29 is 9.53 Å². The normalized spacial score (nSPS) is 18.6. The fourth-order valence-corrected chi connectivity index (χ4v) is 5.07. The van der Waals surface area contributed by atoms with Crippen LogP contribution in [0.15, 0.2) is 6.07 Å². The van der Waals surface area contributed by atoms with E-state index in [9.17, 15) is 4.79 Å². The predicted octanol–water partition coefficient (Wildman–Crippen LogP) is 3.35. The number of hydrogen-bond acceptors (Lipinski definition) is 6. The van der Waals surface area contributed by atoms with E-state index in [0.717, 1.165) is 67.7 Å². The molecule has 1 atom stereocenters. The molecule has 0 bridgehead atoms. The molecule has 1 N–H and O–H groups in total. The van der Waals surface area contributed by atoms with E-state index in [4.69, 9.17) is 14.7 Å². The summed E-state index contributed by atoms with van der Waals surface area (Å²) in [5.41, 5.74) is 7.36. The van der Waals surface area contributed by atoms with Gasteiger partial charge in [0.1, 0.15) is 17.4 Å². The molecule has 0 radical (unpaired) electrons. The zero-order valence-electron chi connectivity index (χ0n) is 20.2. The van der Waals surface area contributed by atoms with Crippen molar-refractivity contribution in [3.63, 3.8) is 0 Å². The van der Waals surface area contributed by atoms with Crippen molar-refractivity contribution >= 4 is 11.7 Å². The Morgan fingerprint density at radius 1 is 1.22 bits per heavy atom. The maximum absolute atomic E-state index is 11.9. The molecule has 1 saturated heterocycles. The van der Waals surface area contributed by atoms with Gasteiger partial charge in [-0.1, -0.05) is 0 Å². The number of rotatable bonds is 5. The van der Waals surface area contributed by atoms with E-state index >= 15 is 0 Å². The van der Waals surface area contributed by atoms with Crippen molar-refractivity contribution in [3.8, 4) is 5.75 Å². The number of benzene rings is 1. The van der Waals surface area contributed by atoms with Crippen LogP contribution >= 0.6 is 0 Å². The molecular formula is C25H35N5O2. The first kappa shape index (κ1) is 22.5. The largest absolute Gasteiger partial charge is 0.496 e. The highest BCUT2D eigenvalue weighted by Crippen LogP contribution is 2.33. The topological polar surface area (TPSA) is 70.6 Å². The third-order valence-corrected chi connectivity index (χ3v) is 7.21. The van der Waals surface area contributed by atoms with Crippen LogP contribution in [0.4, 0.5) is 5.82 Å². The van der Waals surface area contributed by atoms with Crippen molar-refractivity contribution in [1.29, 1.82) is 0 Å². The van der Waals surface area contributed by atoms with Gasteiger partial charge in [-0.15, -0.1) is 0 Å². The summed E-state index contributed by atoms with van der Waals surface area (Å²) >= 11 is 0. The molecule has 0 aliphatic carbocycles. The first-order valence-electron chi connectivity index (χ1n) is 11.5. The molecule has 0 unspecified atom stereocenters. The third kappa shape index (κ3) is 4.18. The van der Waals surface area contributed by atoms with Crippen molar-refractivity contribution in [2.24, 2.45) is 0 Å². The first-order chi connectivity index (χ1) is 15.3. The van der Waals surface area contributed by atoms with Crippen LogP contribution in [0.2, 0.25) is 0 Å². The van der Waals surface area contributed by atoms with Crippen LogP contribution in [0.25, 0.3) is 0 Å². The number of nitrogens with zero attached hydrogens (tertiary/aromatic N) is 4. The SMILES string of the molecule is CNc1nc([C@H]2CCN(Cc3c(C)cc(OC)c(C)c3C)C2)nc2c1CCN(C(C)=O)C2. The van der Waals surface area contributed by atoms with Gasteiger partial charge >= 0.3 is 0 Å². The van der Waals surface area contributed by atoms with Crippen molar-refractivity contribution in [2.45, 2.75) is 59.5 Å². The quantitative estimate of drug-likeness (QED) is 0.774. The second kappa shape index (κ2) is 9.06. The summed E-state index contributed by atoms with van der Waals surface area (Å²) in [7, 11) is 3.65. The lowest BCUT2D eigenvalue weighted by molar-refractivity contribution is -0.129. The van der Waals surface area contributed by atoms with Gasteiger partial charge in [-0.25, -0.2) is 9.97 Å². The summed E-state index contributed by atoms with van der Waals surface area (Å²) < 4.78 is 5.54. The number of anilines is 1. The van der Waals surface area contributed by atoms with Gasteiger partial charge in [-0.3, -0.25) is 9.69 Å². The number of hydrogen-bond donors (Lipinski definition) is 1. The molecule has 172 valence electrons. The van der Waals surface area contributed by atoms with Crippen LogP contribution in [0.3, 0.4) is 0 Å². The number of likely N-dealkylation sites (tertiary alicyclic amines) is 1. The Kier molecular flexibility index (Phi) is 6.38. The highest BCUT2D eigenvalue weighted by molar-refractivity contribution is 5.73. The maximum atomic E-state index is 11.9. The Balaban J connectivity index is 1.54. The number of carbonyl (C=O) groups excluding carboxylic acids is 1. The number of amides is 1. The van der Waals surface area contributed by atoms with Crippen LogP contribution in [0.1, 0.15) is 58.6 Å². The van der Waals surface area contributed by atoms with Gasteiger partial charge < -0.3 is 15.0 Å². The zero-order valence-corrected chi connectivity index (χ0v) is 20.2. The van der Waals surface area contributed by atoms with E-state index < -0.39 is 0 Å². The molecule has 2 aliphatic rings. The Hall–Kier alpha value is -2.67. The monoisotopic (exact) mass is 437 g/mol. The lowest BCUT2D eigenvalue weighted by atomic mass is 9.97. The maximum Gasteiger partial charge on any atom is 0.219 e. The molecule has 0 saturated carbocycles. The zero-order chi connectivity index (χ0) is 23.0. The lowest BCUT2D eigenvalue weighted by Crippen LogP contribution is -2.35. The van der Waals surface area contributed by atoms with E-state index in [1.54, 1.807) is 14.0 Å². The van der Waals surface area contributed by atoms with E-state index in [0.29, 0.717) is 12.5 Å². The fraction of sp³-hybridized carbons (Fsp3) is 0.560. The van der Waals surface area contributed by atoms with Crippen molar-refractivity contribution in [2.75, 3.05) is 39.1 Å². The summed E-state index contributed by atoms with van der Waals surface area (Å²) in [6, 6.07) is 2.15. The first-order valence-corrected chi connectivity index (χ1v) is 11.5. The minimum Gasteiger partial charge on any atom is -0.496 e. The third-order valence-electron chi connectivity index (χ3n) is 7.21. The average molecular weight is 438 g/mol. The standard InChI is InChI=1S/C25H35N5O2/c1-15-11-23(32-6)17(3)16(2)21(15)13-29-9-7-19(12-29)24-27-22-14-30(18(4)31)10-8-20(22)25(26-5)28-24/h11,19H,7-10,12-14H2,1-6H3,(H,26,27,28)/t19-/m0/s1. The van der Waals surface area contributed by atoms with E-state index in [-0.39, 0.29) is 5.91 Å². The van der Waals surface area contributed by atoms with Crippen molar-refractivity contribution in [3.05, 3.63) is 45.4 Å². The fourth-order valence-electron chi connectivity index (χ4n) is 5.07. The second-order valence-corrected chi connectivity index (χ2v) is 9.14. The van der Waals surface area contributed by atoms with Crippen LogP contribution in [0.5, 0.6) is 5.75 Å². The van der Waals surface area contributed by atoms with Gasteiger partial charge in [0, 0.05) is 45.1 Å². The number of aromatic nitrogens is 2. The molecule has 7 heteroatoms. The van der Waals surface area contributed by atoms with Gasteiger partial charge in [0.05, 0.1) is 19.3 Å². The highest BCUT2D eigenvalue weighted by Gasteiger charge is 2.30.